The first kappa shape index (κ1) is 23.0. The van der Waals surface area contributed by atoms with Gasteiger partial charge in [-0.3, -0.25) is 19.4 Å². The number of nitrogens with one attached hydrogen (secondary N) is 1. The molecule has 0 radical (unpaired) electrons. The normalized spacial score (nSPS) is 12.5. The average Bonchev–Trinajstić information content (AvgIpc) is 2.88. The number of hydrogen-bond donors (Lipinski definition) is 1. The van der Waals surface area contributed by atoms with Crippen LogP contribution in [0.25, 0.3) is 0 Å². The van der Waals surface area contributed by atoms with Crippen LogP contribution in [0.1, 0.15) is 28.8 Å². The summed E-state index contributed by atoms with van der Waals surface area (Å²) in [5.74, 6) is 0.619. The van der Waals surface area contributed by atoms with Crippen LogP contribution in [0, 0.1) is 0 Å². The lowest BCUT2D eigenvalue weighted by atomic mass is 10.1. The Morgan fingerprint density at radius 2 is 1.85 bits per heavy atom. The smallest absolute Gasteiger partial charge is 0.265 e. The molecule has 1 aliphatic heterocycles. The highest BCUT2D eigenvalue weighted by atomic mass is 16.5. The number of para-hydroxylation sites is 1. The number of ether oxygens (including phenoxy) is 2. The monoisotopic (exact) mass is 459 g/mol. The Labute approximate surface area is 197 Å². The number of amides is 2. The van der Waals surface area contributed by atoms with Gasteiger partial charge in [0.05, 0.1) is 5.69 Å². The summed E-state index contributed by atoms with van der Waals surface area (Å²) in [7, 11) is 0. The molecule has 8 nitrogen and oxygen atoms in total. The molecular formula is C26H25N3O5. The number of aromatic nitrogens is 1. The number of benzene rings is 2. The van der Waals surface area contributed by atoms with E-state index >= 15 is 0 Å². The average molecular weight is 460 g/mol. The maximum atomic E-state index is 12.7. The first-order valence-corrected chi connectivity index (χ1v) is 11.0. The molecule has 0 saturated heterocycles. The van der Waals surface area contributed by atoms with Gasteiger partial charge in [0.1, 0.15) is 11.5 Å². The number of pyridine rings is 1. The SMILES string of the molecule is O=C(CCCN1C(=O)COc2ccc(C(=O)COc3ccccc3)cc21)NCc1ccncc1. The standard InChI is InChI=1S/C26H25N3O5/c30-23(17-33-21-5-2-1-3-6-21)20-8-9-24-22(15-20)29(26(32)18-34-24)14-4-7-25(31)28-16-19-10-12-27-13-11-19/h1-3,5-6,8-13,15H,4,7,14,16-18H2,(H,28,31). The lowest BCUT2D eigenvalue weighted by Crippen LogP contribution is -2.40. The van der Waals surface area contributed by atoms with Gasteiger partial charge in [-0.25, -0.2) is 0 Å². The third-order valence-corrected chi connectivity index (χ3v) is 5.36. The lowest BCUT2D eigenvalue weighted by Gasteiger charge is -2.29. The van der Waals surface area contributed by atoms with Crippen molar-refractivity contribution in [1.82, 2.24) is 10.3 Å². The number of carbonyl (C=O) groups excluding carboxylic acids is 3. The summed E-state index contributed by atoms with van der Waals surface area (Å²) in [6.07, 6.45) is 4.10. The molecule has 1 N–H and O–H groups in total. The number of nitrogens with zero attached hydrogens (tertiary/aromatic N) is 2. The van der Waals surface area contributed by atoms with Gasteiger partial charge >= 0.3 is 0 Å². The molecule has 0 atom stereocenters. The van der Waals surface area contributed by atoms with E-state index in [9.17, 15) is 14.4 Å². The highest BCUT2D eigenvalue weighted by Gasteiger charge is 2.26. The molecule has 1 aromatic heterocycles. The molecule has 2 amide bonds. The molecule has 0 saturated carbocycles. The van der Waals surface area contributed by atoms with Gasteiger partial charge in [-0.05, 0) is 54.4 Å². The Morgan fingerprint density at radius 1 is 1.06 bits per heavy atom. The van der Waals surface area contributed by atoms with Gasteiger partial charge in [0.15, 0.2) is 19.0 Å². The highest BCUT2D eigenvalue weighted by Crippen LogP contribution is 2.33. The summed E-state index contributed by atoms with van der Waals surface area (Å²) >= 11 is 0. The predicted molar refractivity (Wildman–Crippen MR) is 126 cm³/mol. The van der Waals surface area contributed by atoms with Crippen molar-refractivity contribution in [3.63, 3.8) is 0 Å². The molecule has 4 rings (SSSR count). The molecule has 34 heavy (non-hydrogen) atoms. The van der Waals surface area contributed by atoms with Crippen molar-refractivity contribution >= 4 is 23.3 Å². The molecule has 0 fully saturated rings. The predicted octanol–water partition coefficient (Wildman–Crippen LogP) is 3.17. The van der Waals surface area contributed by atoms with E-state index in [1.807, 2.05) is 30.3 Å². The van der Waals surface area contributed by atoms with Crippen molar-refractivity contribution in [3.8, 4) is 11.5 Å². The van der Waals surface area contributed by atoms with Crippen LogP contribution in [0.15, 0.2) is 73.1 Å². The van der Waals surface area contributed by atoms with E-state index in [1.54, 1.807) is 47.6 Å². The van der Waals surface area contributed by atoms with Crippen LogP contribution in [0.3, 0.4) is 0 Å². The van der Waals surface area contributed by atoms with Crippen LogP contribution >= 0.6 is 0 Å². The zero-order chi connectivity index (χ0) is 23.8. The van der Waals surface area contributed by atoms with Gasteiger partial charge in [0, 0.05) is 37.5 Å². The number of Topliss-reactive ketones (excluding diaryl/α,β-unsaturated/α-hetero) is 1. The van der Waals surface area contributed by atoms with Gasteiger partial charge in [-0.15, -0.1) is 0 Å². The van der Waals surface area contributed by atoms with Crippen molar-refractivity contribution < 1.29 is 23.9 Å². The Balaban J connectivity index is 1.34. The van der Waals surface area contributed by atoms with Crippen molar-refractivity contribution in [2.45, 2.75) is 19.4 Å². The second-order valence-corrected chi connectivity index (χ2v) is 7.78. The third kappa shape index (κ3) is 5.98. The Bertz CT molecular complexity index is 1150. The van der Waals surface area contributed by atoms with E-state index < -0.39 is 0 Å². The van der Waals surface area contributed by atoms with Crippen molar-refractivity contribution in [1.29, 1.82) is 0 Å². The summed E-state index contributed by atoms with van der Waals surface area (Å²) in [5, 5.41) is 2.87. The van der Waals surface area contributed by atoms with Gasteiger partial charge < -0.3 is 19.7 Å². The van der Waals surface area contributed by atoms with Crippen LogP contribution in [0.5, 0.6) is 11.5 Å². The Morgan fingerprint density at radius 3 is 2.65 bits per heavy atom. The summed E-state index contributed by atoms with van der Waals surface area (Å²) < 4.78 is 11.1. The fourth-order valence-electron chi connectivity index (χ4n) is 3.56. The van der Waals surface area contributed by atoms with Crippen LogP contribution in [-0.4, -0.2) is 42.3 Å². The van der Waals surface area contributed by atoms with E-state index in [1.165, 1.54) is 0 Å². The second kappa shape index (κ2) is 11.1. The molecule has 3 aromatic rings. The van der Waals surface area contributed by atoms with Crippen molar-refractivity contribution in [2.75, 3.05) is 24.7 Å². The summed E-state index contributed by atoms with van der Waals surface area (Å²) in [6, 6.07) is 17.8. The van der Waals surface area contributed by atoms with Crippen LogP contribution in [0.4, 0.5) is 5.69 Å². The number of fused-ring (bicyclic) bond motifs is 1. The Kier molecular flexibility index (Phi) is 7.49. The van der Waals surface area contributed by atoms with Crippen LogP contribution in [-0.2, 0) is 16.1 Å². The molecule has 0 spiro atoms. The molecule has 0 aliphatic carbocycles. The third-order valence-electron chi connectivity index (χ3n) is 5.36. The van der Waals surface area contributed by atoms with Gasteiger partial charge in [0.2, 0.25) is 5.91 Å². The molecule has 0 bridgehead atoms. The number of carbonyl (C=O) groups is 3. The van der Waals surface area contributed by atoms with Gasteiger partial charge in [-0.1, -0.05) is 18.2 Å². The molecular weight excluding hydrogens is 434 g/mol. The Hall–Kier alpha value is -4.20. The molecule has 8 heteroatoms. The fraction of sp³-hybridized carbons (Fsp3) is 0.231. The summed E-state index contributed by atoms with van der Waals surface area (Å²) in [4.78, 5) is 42.9. The van der Waals surface area contributed by atoms with E-state index in [-0.39, 0.29) is 37.2 Å². The van der Waals surface area contributed by atoms with Crippen LogP contribution < -0.4 is 19.7 Å². The highest BCUT2D eigenvalue weighted by molar-refractivity contribution is 6.02. The van der Waals surface area contributed by atoms with E-state index in [0.29, 0.717) is 42.3 Å². The maximum Gasteiger partial charge on any atom is 0.265 e. The number of anilines is 1. The van der Waals surface area contributed by atoms with Crippen molar-refractivity contribution in [2.24, 2.45) is 0 Å². The second-order valence-electron chi connectivity index (χ2n) is 7.78. The molecule has 2 aromatic carbocycles. The van der Waals surface area contributed by atoms with Gasteiger partial charge in [-0.2, -0.15) is 0 Å². The first-order valence-electron chi connectivity index (χ1n) is 11.0. The number of rotatable bonds is 10. The molecule has 2 heterocycles. The molecule has 174 valence electrons. The lowest BCUT2D eigenvalue weighted by molar-refractivity contribution is -0.123. The first-order chi connectivity index (χ1) is 16.6. The zero-order valence-corrected chi connectivity index (χ0v) is 18.6. The molecule has 1 aliphatic rings. The zero-order valence-electron chi connectivity index (χ0n) is 18.6. The number of ketones is 1. The number of hydrogen-bond acceptors (Lipinski definition) is 6. The largest absolute Gasteiger partial charge is 0.485 e. The van der Waals surface area contributed by atoms with E-state index in [4.69, 9.17) is 9.47 Å². The van der Waals surface area contributed by atoms with E-state index in [2.05, 4.69) is 10.3 Å². The quantitative estimate of drug-likeness (QED) is 0.468. The minimum absolute atomic E-state index is 0.0777. The van der Waals surface area contributed by atoms with Crippen LogP contribution in [0.2, 0.25) is 0 Å². The minimum Gasteiger partial charge on any atom is -0.485 e. The topological polar surface area (TPSA) is 97.8 Å². The van der Waals surface area contributed by atoms with Gasteiger partial charge in [0.25, 0.3) is 5.91 Å². The summed E-state index contributed by atoms with van der Waals surface area (Å²) in [5.41, 5.74) is 1.92. The fourth-order valence-corrected chi connectivity index (χ4v) is 3.56. The maximum absolute atomic E-state index is 12.7. The summed E-state index contributed by atoms with van der Waals surface area (Å²) in [6.45, 7) is 0.578. The minimum atomic E-state index is -0.213. The van der Waals surface area contributed by atoms with E-state index in [0.717, 1.165) is 5.56 Å². The van der Waals surface area contributed by atoms with Crippen molar-refractivity contribution in [3.05, 3.63) is 84.2 Å². The molecule has 0 unspecified atom stereocenters.